The lowest BCUT2D eigenvalue weighted by Gasteiger charge is -2.25. The van der Waals surface area contributed by atoms with E-state index >= 15 is 0 Å². The minimum Gasteiger partial charge on any atom is -0.493 e. The fourth-order valence-electron chi connectivity index (χ4n) is 3.04. The summed E-state index contributed by atoms with van der Waals surface area (Å²) in [6.45, 7) is 1.37. The second-order valence-electron chi connectivity index (χ2n) is 6.52. The first-order valence-corrected chi connectivity index (χ1v) is 10.6. The molecule has 0 aromatic heterocycles. The molecule has 1 aromatic carbocycles. The number of likely N-dealkylation sites (tertiary alicyclic amines) is 1. The highest BCUT2D eigenvalue weighted by Gasteiger charge is 2.24. The summed E-state index contributed by atoms with van der Waals surface area (Å²) in [5.74, 6) is 0.956. The van der Waals surface area contributed by atoms with E-state index in [9.17, 15) is 13.2 Å². The highest BCUT2D eigenvalue weighted by atomic mass is 32.2. The Kier molecular flexibility index (Phi) is 7.28. The van der Waals surface area contributed by atoms with Crippen LogP contribution in [0.25, 0.3) is 0 Å². The van der Waals surface area contributed by atoms with E-state index in [0.29, 0.717) is 24.6 Å². The van der Waals surface area contributed by atoms with Crippen LogP contribution >= 0.6 is 0 Å². The Morgan fingerprint density at radius 3 is 2.23 bits per heavy atom. The Bertz CT molecular complexity index is 712. The normalized spacial score (nSPS) is 15.6. The average molecular weight is 384 g/mol. The smallest absolute Gasteiger partial charge is 0.237 e. The van der Waals surface area contributed by atoms with Gasteiger partial charge in [0.25, 0.3) is 0 Å². The zero-order valence-corrected chi connectivity index (χ0v) is 16.5. The van der Waals surface area contributed by atoms with Gasteiger partial charge in [-0.25, -0.2) is 8.42 Å². The molecule has 0 N–H and O–H groups in total. The topological polar surface area (TPSA) is 76.2 Å². The summed E-state index contributed by atoms with van der Waals surface area (Å²) < 4.78 is 36.1. The van der Waals surface area contributed by atoms with Crippen molar-refractivity contribution in [2.24, 2.45) is 0 Å². The molecule has 0 spiro atoms. The number of carbonyl (C=O) groups is 1. The number of sulfonamides is 1. The maximum absolute atomic E-state index is 12.6. The Morgan fingerprint density at radius 1 is 1.08 bits per heavy atom. The lowest BCUT2D eigenvalue weighted by molar-refractivity contribution is -0.131. The third-order valence-electron chi connectivity index (χ3n) is 4.55. The third-order valence-corrected chi connectivity index (χ3v) is 5.74. The predicted molar refractivity (Wildman–Crippen MR) is 99.8 cm³/mol. The molecule has 8 heteroatoms. The molecular weight excluding hydrogens is 356 g/mol. The van der Waals surface area contributed by atoms with Crippen LogP contribution in [0.2, 0.25) is 0 Å². The number of ether oxygens (including phenoxy) is 2. The number of nitrogens with zero attached hydrogens (tertiary/aromatic N) is 2. The molecule has 26 heavy (non-hydrogen) atoms. The Balaban J connectivity index is 2.14. The summed E-state index contributed by atoms with van der Waals surface area (Å²) in [7, 11) is -0.459. The van der Waals surface area contributed by atoms with E-state index < -0.39 is 10.0 Å². The largest absolute Gasteiger partial charge is 0.493 e. The fourth-order valence-corrected chi connectivity index (χ4v) is 3.77. The minimum atomic E-state index is -3.53. The quantitative estimate of drug-likeness (QED) is 0.717. The predicted octanol–water partition coefficient (Wildman–Crippen LogP) is 1.87. The van der Waals surface area contributed by atoms with Crippen LogP contribution in [0.5, 0.6) is 11.5 Å². The lowest BCUT2D eigenvalue weighted by atomic mass is 10.2. The van der Waals surface area contributed by atoms with Crippen LogP contribution < -0.4 is 9.47 Å². The highest BCUT2D eigenvalue weighted by Crippen LogP contribution is 2.28. The summed E-state index contributed by atoms with van der Waals surface area (Å²) in [6, 6.07) is 5.23. The molecule has 0 radical (unpaired) electrons. The molecule has 0 saturated carbocycles. The van der Waals surface area contributed by atoms with Gasteiger partial charge >= 0.3 is 0 Å². The van der Waals surface area contributed by atoms with Crippen molar-refractivity contribution in [3.8, 4) is 11.5 Å². The van der Waals surface area contributed by atoms with Gasteiger partial charge in [-0.1, -0.05) is 18.9 Å². The monoisotopic (exact) mass is 384 g/mol. The number of hydrogen-bond donors (Lipinski definition) is 0. The highest BCUT2D eigenvalue weighted by molar-refractivity contribution is 7.88. The van der Waals surface area contributed by atoms with E-state index in [1.165, 1.54) is 11.4 Å². The third kappa shape index (κ3) is 5.60. The molecule has 2 rings (SSSR count). The van der Waals surface area contributed by atoms with Crippen LogP contribution in [-0.2, 0) is 21.4 Å². The molecule has 0 aliphatic carbocycles. The van der Waals surface area contributed by atoms with Gasteiger partial charge in [-0.2, -0.15) is 4.31 Å². The van der Waals surface area contributed by atoms with E-state index in [2.05, 4.69) is 0 Å². The second kappa shape index (κ2) is 9.23. The lowest BCUT2D eigenvalue weighted by Crippen LogP contribution is -2.42. The standard InChI is InChI=1S/C18H28N2O5S/c1-24-16-9-8-15(12-17(16)25-2)13-20(26(3,22)23)14-18(21)19-10-6-4-5-7-11-19/h8-9,12H,4-7,10-11,13-14H2,1-3H3. The molecule has 0 unspecified atom stereocenters. The van der Waals surface area contributed by atoms with E-state index in [0.717, 1.165) is 37.5 Å². The van der Waals surface area contributed by atoms with E-state index in [4.69, 9.17) is 9.47 Å². The molecule has 1 aliphatic heterocycles. The van der Waals surface area contributed by atoms with Crippen molar-refractivity contribution in [1.82, 2.24) is 9.21 Å². The maximum Gasteiger partial charge on any atom is 0.237 e. The van der Waals surface area contributed by atoms with Gasteiger partial charge in [-0.15, -0.1) is 0 Å². The summed E-state index contributed by atoms with van der Waals surface area (Å²) in [5.41, 5.74) is 0.733. The molecule has 1 aliphatic rings. The van der Waals surface area contributed by atoms with Crippen LogP contribution in [0.3, 0.4) is 0 Å². The first-order chi connectivity index (χ1) is 12.3. The fraction of sp³-hybridized carbons (Fsp3) is 0.611. The van der Waals surface area contributed by atoms with Gasteiger partial charge in [-0.05, 0) is 30.5 Å². The summed E-state index contributed by atoms with van der Waals surface area (Å²) >= 11 is 0. The van der Waals surface area contributed by atoms with Gasteiger partial charge < -0.3 is 14.4 Å². The van der Waals surface area contributed by atoms with Gasteiger partial charge in [0.2, 0.25) is 15.9 Å². The number of hydrogen-bond acceptors (Lipinski definition) is 5. The van der Waals surface area contributed by atoms with Crippen molar-refractivity contribution in [3.05, 3.63) is 23.8 Å². The van der Waals surface area contributed by atoms with E-state index in [1.807, 2.05) is 0 Å². The van der Waals surface area contributed by atoms with Crippen LogP contribution in [0.4, 0.5) is 0 Å². The molecule has 1 heterocycles. The van der Waals surface area contributed by atoms with E-state index in [-0.39, 0.29) is 19.0 Å². The second-order valence-corrected chi connectivity index (χ2v) is 8.50. The van der Waals surface area contributed by atoms with Gasteiger partial charge in [0.1, 0.15) is 0 Å². The van der Waals surface area contributed by atoms with Gasteiger partial charge in [0, 0.05) is 19.6 Å². The Hall–Kier alpha value is -1.80. The van der Waals surface area contributed by atoms with Crippen molar-refractivity contribution in [1.29, 1.82) is 0 Å². The summed E-state index contributed by atoms with van der Waals surface area (Å²) in [6.07, 6.45) is 5.31. The number of benzene rings is 1. The molecule has 1 amide bonds. The number of amides is 1. The van der Waals surface area contributed by atoms with Crippen molar-refractivity contribution >= 4 is 15.9 Å². The molecule has 7 nitrogen and oxygen atoms in total. The van der Waals surface area contributed by atoms with Crippen LogP contribution in [0.1, 0.15) is 31.2 Å². The SMILES string of the molecule is COc1ccc(CN(CC(=O)N2CCCCCC2)S(C)(=O)=O)cc1OC. The van der Waals surface area contributed by atoms with Crippen molar-refractivity contribution in [3.63, 3.8) is 0 Å². The molecular formula is C18H28N2O5S. The Morgan fingerprint density at radius 2 is 1.69 bits per heavy atom. The van der Waals surface area contributed by atoms with Crippen molar-refractivity contribution in [2.75, 3.05) is 40.1 Å². The molecule has 1 fully saturated rings. The Labute approximate surface area is 155 Å². The summed E-state index contributed by atoms with van der Waals surface area (Å²) in [5, 5.41) is 0. The summed E-state index contributed by atoms with van der Waals surface area (Å²) in [4.78, 5) is 14.4. The molecule has 0 atom stereocenters. The minimum absolute atomic E-state index is 0.110. The van der Waals surface area contributed by atoms with Gasteiger partial charge in [-0.3, -0.25) is 4.79 Å². The van der Waals surface area contributed by atoms with Crippen LogP contribution in [0.15, 0.2) is 18.2 Å². The molecule has 0 bridgehead atoms. The molecule has 1 aromatic rings. The first-order valence-electron chi connectivity index (χ1n) is 8.79. The average Bonchev–Trinajstić information content (AvgIpc) is 2.89. The number of carbonyl (C=O) groups excluding carboxylic acids is 1. The number of methoxy groups -OCH3 is 2. The molecule has 146 valence electrons. The van der Waals surface area contributed by atoms with Crippen molar-refractivity contribution < 1.29 is 22.7 Å². The zero-order valence-electron chi connectivity index (χ0n) is 15.7. The molecule has 1 saturated heterocycles. The van der Waals surface area contributed by atoms with Crippen molar-refractivity contribution in [2.45, 2.75) is 32.2 Å². The van der Waals surface area contributed by atoms with Crippen LogP contribution in [-0.4, -0.2) is 63.6 Å². The first kappa shape index (κ1) is 20.5. The van der Waals surface area contributed by atoms with Crippen LogP contribution in [0, 0.1) is 0 Å². The number of rotatable bonds is 7. The van der Waals surface area contributed by atoms with Gasteiger partial charge in [0.15, 0.2) is 11.5 Å². The zero-order chi connectivity index (χ0) is 19.2. The van der Waals surface area contributed by atoms with Gasteiger partial charge in [0.05, 0.1) is 27.0 Å². The maximum atomic E-state index is 12.6. The van der Waals surface area contributed by atoms with E-state index in [1.54, 1.807) is 30.2 Å².